The van der Waals surface area contributed by atoms with Crippen molar-refractivity contribution < 1.29 is 9.21 Å². The minimum atomic E-state index is -0.503. The monoisotopic (exact) mass is 260 g/mol. The number of hydrogen-bond donors (Lipinski definition) is 3. The van der Waals surface area contributed by atoms with Crippen molar-refractivity contribution in [2.24, 2.45) is 5.73 Å². The molecule has 5 N–H and O–H groups in total. The summed E-state index contributed by atoms with van der Waals surface area (Å²) < 4.78 is 5.45. The van der Waals surface area contributed by atoms with Crippen molar-refractivity contribution in [2.75, 3.05) is 11.1 Å². The fourth-order valence-corrected chi connectivity index (χ4v) is 1.66. The Kier molecular flexibility index (Phi) is 3.41. The SMILES string of the molecule is Cc1nc(CNc2ccc(C(N)=O)cc2N)oc1C. The van der Waals surface area contributed by atoms with Gasteiger partial charge in [-0.3, -0.25) is 4.79 Å². The summed E-state index contributed by atoms with van der Waals surface area (Å²) in [4.78, 5) is 15.3. The lowest BCUT2D eigenvalue weighted by molar-refractivity contribution is 0.100. The van der Waals surface area contributed by atoms with Crippen LogP contribution >= 0.6 is 0 Å². The Hall–Kier alpha value is -2.50. The molecule has 100 valence electrons. The number of nitrogens with one attached hydrogen (secondary N) is 1. The van der Waals surface area contributed by atoms with E-state index < -0.39 is 5.91 Å². The Labute approximate surface area is 110 Å². The highest BCUT2D eigenvalue weighted by atomic mass is 16.4. The number of nitrogen functional groups attached to an aromatic ring is 1. The second kappa shape index (κ2) is 5.01. The molecule has 1 heterocycles. The zero-order chi connectivity index (χ0) is 14.0. The van der Waals surface area contributed by atoms with Crippen LogP contribution in [0.4, 0.5) is 11.4 Å². The average molecular weight is 260 g/mol. The number of nitrogens with two attached hydrogens (primary N) is 2. The number of amides is 1. The van der Waals surface area contributed by atoms with Crippen LogP contribution in [-0.4, -0.2) is 10.9 Å². The van der Waals surface area contributed by atoms with Gasteiger partial charge in [0, 0.05) is 5.56 Å². The molecule has 0 fully saturated rings. The van der Waals surface area contributed by atoms with Gasteiger partial charge in [0.1, 0.15) is 5.76 Å². The van der Waals surface area contributed by atoms with Gasteiger partial charge in [0.05, 0.1) is 23.6 Å². The lowest BCUT2D eigenvalue weighted by Gasteiger charge is -2.08. The quantitative estimate of drug-likeness (QED) is 0.723. The van der Waals surface area contributed by atoms with Gasteiger partial charge >= 0.3 is 0 Å². The molecule has 0 unspecified atom stereocenters. The summed E-state index contributed by atoms with van der Waals surface area (Å²) in [6.45, 7) is 4.18. The molecular formula is C13H16N4O2. The summed E-state index contributed by atoms with van der Waals surface area (Å²) in [7, 11) is 0. The van der Waals surface area contributed by atoms with Gasteiger partial charge in [0.2, 0.25) is 11.8 Å². The first-order valence-electron chi connectivity index (χ1n) is 5.83. The van der Waals surface area contributed by atoms with E-state index in [1.54, 1.807) is 12.1 Å². The molecule has 0 aliphatic rings. The minimum absolute atomic E-state index is 0.380. The predicted octanol–water partition coefficient (Wildman–Crippen LogP) is 1.58. The topological polar surface area (TPSA) is 107 Å². The molecular weight excluding hydrogens is 244 g/mol. The van der Waals surface area contributed by atoms with Crippen molar-refractivity contribution in [1.29, 1.82) is 0 Å². The molecule has 0 atom stereocenters. The van der Waals surface area contributed by atoms with Crippen LogP contribution in [0.15, 0.2) is 22.6 Å². The molecule has 2 rings (SSSR count). The molecule has 2 aromatic rings. The zero-order valence-corrected chi connectivity index (χ0v) is 10.9. The van der Waals surface area contributed by atoms with Crippen molar-refractivity contribution in [3.63, 3.8) is 0 Å². The standard InChI is InChI=1S/C13H16N4O2/c1-7-8(2)19-12(17-7)6-16-11-4-3-9(13(15)18)5-10(11)14/h3-5,16H,6,14H2,1-2H3,(H2,15,18). The van der Waals surface area contributed by atoms with Gasteiger partial charge in [0.15, 0.2) is 0 Å². The highest BCUT2D eigenvalue weighted by molar-refractivity contribution is 5.94. The molecule has 0 spiro atoms. The first-order chi connectivity index (χ1) is 8.97. The molecule has 1 aromatic heterocycles. The van der Waals surface area contributed by atoms with E-state index in [1.807, 2.05) is 13.8 Å². The van der Waals surface area contributed by atoms with E-state index in [2.05, 4.69) is 10.3 Å². The van der Waals surface area contributed by atoms with Gasteiger partial charge in [-0.15, -0.1) is 0 Å². The summed E-state index contributed by atoms with van der Waals surface area (Å²) in [5.74, 6) is 0.888. The molecule has 6 heteroatoms. The van der Waals surface area contributed by atoms with Crippen LogP contribution in [0.25, 0.3) is 0 Å². The third-order valence-electron chi connectivity index (χ3n) is 2.84. The van der Waals surface area contributed by atoms with E-state index in [0.717, 1.165) is 11.5 Å². The lowest BCUT2D eigenvalue weighted by Crippen LogP contribution is -2.12. The highest BCUT2D eigenvalue weighted by Gasteiger charge is 2.07. The molecule has 0 bridgehead atoms. The second-order valence-electron chi connectivity index (χ2n) is 4.27. The number of anilines is 2. The maximum atomic E-state index is 11.0. The van der Waals surface area contributed by atoms with Crippen molar-refractivity contribution in [1.82, 2.24) is 4.98 Å². The summed E-state index contributed by atoms with van der Waals surface area (Å²) in [6.07, 6.45) is 0. The number of rotatable bonds is 4. The maximum absolute atomic E-state index is 11.0. The van der Waals surface area contributed by atoms with E-state index >= 15 is 0 Å². The molecule has 1 aromatic carbocycles. The van der Waals surface area contributed by atoms with Crippen LogP contribution < -0.4 is 16.8 Å². The molecule has 0 aliphatic heterocycles. The fraction of sp³-hybridized carbons (Fsp3) is 0.231. The summed E-state index contributed by atoms with van der Waals surface area (Å²) in [5.41, 5.74) is 13.4. The number of aryl methyl sites for hydroxylation is 2. The normalized spacial score (nSPS) is 10.4. The van der Waals surface area contributed by atoms with E-state index in [0.29, 0.717) is 29.4 Å². The summed E-state index contributed by atoms with van der Waals surface area (Å²) >= 11 is 0. The van der Waals surface area contributed by atoms with Crippen LogP contribution in [-0.2, 0) is 6.54 Å². The maximum Gasteiger partial charge on any atom is 0.248 e. The Morgan fingerprint density at radius 1 is 1.42 bits per heavy atom. The van der Waals surface area contributed by atoms with Gasteiger partial charge in [-0.05, 0) is 32.0 Å². The first kappa shape index (κ1) is 12.9. The molecule has 0 saturated carbocycles. The van der Waals surface area contributed by atoms with E-state index in [9.17, 15) is 4.79 Å². The van der Waals surface area contributed by atoms with Crippen molar-refractivity contribution in [3.8, 4) is 0 Å². The van der Waals surface area contributed by atoms with Crippen molar-refractivity contribution in [3.05, 3.63) is 41.1 Å². The number of carbonyl (C=O) groups excluding carboxylic acids is 1. The van der Waals surface area contributed by atoms with Gasteiger partial charge in [-0.1, -0.05) is 0 Å². The summed E-state index contributed by atoms with van der Waals surface area (Å²) in [6, 6.07) is 4.86. The second-order valence-corrected chi connectivity index (χ2v) is 4.27. The van der Waals surface area contributed by atoms with Gasteiger partial charge < -0.3 is 21.2 Å². The molecule has 0 saturated heterocycles. The summed E-state index contributed by atoms with van der Waals surface area (Å²) in [5, 5.41) is 3.10. The molecule has 0 radical (unpaired) electrons. The minimum Gasteiger partial charge on any atom is -0.444 e. The fourth-order valence-electron chi connectivity index (χ4n) is 1.66. The molecule has 19 heavy (non-hydrogen) atoms. The van der Waals surface area contributed by atoms with E-state index in [4.69, 9.17) is 15.9 Å². The van der Waals surface area contributed by atoms with Crippen LogP contribution in [0.3, 0.4) is 0 Å². The van der Waals surface area contributed by atoms with E-state index in [-0.39, 0.29) is 0 Å². The van der Waals surface area contributed by atoms with Gasteiger partial charge in [-0.25, -0.2) is 4.98 Å². The van der Waals surface area contributed by atoms with Crippen LogP contribution in [0.1, 0.15) is 27.7 Å². The smallest absolute Gasteiger partial charge is 0.248 e. The van der Waals surface area contributed by atoms with Crippen molar-refractivity contribution in [2.45, 2.75) is 20.4 Å². The Bertz CT molecular complexity index is 600. The number of benzene rings is 1. The first-order valence-corrected chi connectivity index (χ1v) is 5.83. The largest absolute Gasteiger partial charge is 0.444 e. The Balaban J connectivity index is 2.09. The molecule has 1 amide bonds. The van der Waals surface area contributed by atoms with Gasteiger partial charge in [-0.2, -0.15) is 0 Å². The number of oxazole rings is 1. The Morgan fingerprint density at radius 2 is 2.16 bits per heavy atom. The van der Waals surface area contributed by atoms with Gasteiger partial charge in [0.25, 0.3) is 0 Å². The third-order valence-corrected chi connectivity index (χ3v) is 2.84. The Morgan fingerprint density at radius 3 is 2.68 bits per heavy atom. The van der Waals surface area contributed by atoms with Crippen molar-refractivity contribution >= 4 is 17.3 Å². The van der Waals surface area contributed by atoms with Crippen LogP contribution in [0, 0.1) is 13.8 Å². The van der Waals surface area contributed by atoms with Crippen LogP contribution in [0.5, 0.6) is 0 Å². The van der Waals surface area contributed by atoms with Crippen LogP contribution in [0.2, 0.25) is 0 Å². The number of nitrogens with zero attached hydrogens (tertiary/aromatic N) is 1. The number of primary amides is 1. The third kappa shape index (κ3) is 2.85. The number of hydrogen-bond acceptors (Lipinski definition) is 5. The number of carbonyl (C=O) groups is 1. The molecule has 6 nitrogen and oxygen atoms in total. The number of aromatic nitrogens is 1. The van der Waals surface area contributed by atoms with E-state index in [1.165, 1.54) is 6.07 Å². The lowest BCUT2D eigenvalue weighted by atomic mass is 10.1. The molecule has 0 aliphatic carbocycles. The highest BCUT2D eigenvalue weighted by Crippen LogP contribution is 2.20. The zero-order valence-electron chi connectivity index (χ0n) is 10.9. The predicted molar refractivity (Wildman–Crippen MR) is 72.7 cm³/mol. The average Bonchev–Trinajstić information content (AvgIpc) is 2.67.